The number of nitrogens with zero attached hydrogens (tertiary/aromatic N) is 4. The summed E-state index contributed by atoms with van der Waals surface area (Å²) in [5, 5.41) is 10.3. The van der Waals surface area contributed by atoms with Crippen LogP contribution in [0.15, 0.2) is 54.6 Å². The lowest BCUT2D eigenvalue weighted by atomic mass is 9.93. The quantitative estimate of drug-likeness (QED) is 0.442. The number of hydrogen-bond donors (Lipinski definition) is 0. The molecule has 178 valence electrons. The van der Waals surface area contributed by atoms with Gasteiger partial charge in [0.25, 0.3) is 11.8 Å². The summed E-state index contributed by atoms with van der Waals surface area (Å²) in [4.78, 5) is 34.3. The number of amides is 2. The molecular weight excluding hydrogens is 507 g/mol. The van der Waals surface area contributed by atoms with Crippen molar-refractivity contribution in [3.8, 4) is 6.07 Å². The van der Waals surface area contributed by atoms with E-state index < -0.39 is 0 Å². The second-order valence-electron chi connectivity index (χ2n) is 8.47. The zero-order valence-corrected chi connectivity index (χ0v) is 21.3. The third kappa shape index (κ3) is 5.28. The Balaban J connectivity index is 1.67. The van der Waals surface area contributed by atoms with Crippen LogP contribution in [0.5, 0.6) is 0 Å². The van der Waals surface area contributed by atoms with Crippen LogP contribution < -0.4 is 0 Å². The van der Waals surface area contributed by atoms with Crippen LogP contribution in [0.2, 0.25) is 15.1 Å². The second-order valence-corrected chi connectivity index (χ2v) is 9.73. The molecule has 9 heteroatoms. The van der Waals surface area contributed by atoms with Gasteiger partial charge < -0.3 is 9.80 Å². The fraction of sp³-hybridized carbons (Fsp3) is 0.231. The van der Waals surface area contributed by atoms with Crippen molar-refractivity contribution < 1.29 is 9.59 Å². The van der Waals surface area contributed by atoms with Crippen LogP contribution in [-0.4, -0.2) is 52.8 Å². The summed E-state index contributed by atoms with van der Waals surface area (Å²) in [5.74, 6) is -0.681. The number of likely N-dealkylation sites (tertiary alicyclic amines) is 1. The standard InChI is InChI=1S/C26H21Cl3N4O2/c1-15-9-19(27)11-23(31-15)26(35)32(2)24-14-33(25(34)17-5-3-16(12-30)4-6-17)13-20(24)18-7-8-21(28)22(29)10-18/h3-11,20,24H,13-14H2,1-2H3/t20-,24+/m0/s1. The summed E-state index contributed by atoms with van der Waals surface area (Å²) in [7, 11) is 1.70. The Morgan fingerprint density at radius 3 is 2.37 bits per heavy atom. The minimum absolute atomic E-state index is 0.181. The molecule has 2 heterocycles. The van der Waals surface area contributed by atoms with Gasteiger partial charge in [-0.05, 0) is 61.0 Å². The van der Waals surface area contributed by atoms with Crippen LogP contribution in [0.3, 0.4) is 0 Å². The first-order valence-electron chi connectivity index (χ1n) is 10.8. The molecule has 1 saturated heterocycles. The summed E-state index contributed by atoms with van der Waals surface area (Å²) in [6.07, 6.45) is 0. The average molecular weight is 528 g/mol. The molecule has 0 unspecified atom stereocenters. The molecule has 3 aromatic rings. The highest BCUT2D eigenvalue weighted by Crippen LogP contribution is 2.35. The molecule has 0 radical (unpaired) electrons. The van der Waals surface area contributed by atoms with Gasteiger partial charge in [0, 0.05) is 42.3 Å². The maximum absolute atomic E-state index is 13.4. The Kier molecular flexibility index (Phi) is 7.32. The SMILES string of the molecule is Cc1cc(Cl)cc(C(=O)N(C)[C@@H]2CN(C(=O)c3ccc(C#N)cc3)C[C@H]2c2ccc(Cl)c(Cl)c2)n1. The average Bonchev–Trinajstić information content (AvgIpc) is 3.29. The number of hydrogen-bond acceptors (Lipinski definition) is 4. The molecule has 2 amide bonds. The van der Waals surface area contributed by atoms with Gasteiger partial charge in [-0.15, -0.1) is 0 Å². The molecule has 1 aliphatic heterocycles. The van der Waals surface area contributed by atoms with Crippen molar-refractivity contribution in [2.24, 2.45) is 0 Å². The Morgan fingerprint density at radius 2 is 1.74 bits per heavy atom. The van der Waals surface area contributed by atoms with E-state index in [1.165, 1.54) is 6.07 Å². The van der Waals surface area contributed by atoms with Gasteiger partial charge in [-0.1, -0.05) is 40.9 Å². The van der Waals surface area contributed by atoms with Gasteiger partial charge in [-0.25, -0.2) is 4.98 Å². The van der Waals surface area contributed by atoms with Gasteiger partial charge in [0.2, 0.25) is 0 Å². The van der Waals surface area contributed by atoms with Gasteiger partial charge in [0.1, 0.15) is 5.69 Å². The number of benzene rings is 2. The van der Waals surface area contributed by atoms with Gasteiger partial charge >= 0.3 is 0 Å². The zero-order valence-electron chi connectivity index (χ0n) is 19.0. The number of rotatable bonds is 4. The lowest BCUT2D eigenvalue weighted by molar-refractivity contribution is 0.0691. The number of carbonyl (C=O) groups excluding carboxylic acids is 2. The highest BCUT2D eigenvalue weighted by molar-refractivity contribution is 6.42. The van der Waals surface area contributed by atoms with E-state index in [0.717, 1.165) is 5.56 Å². The molecule has 0 bridgehead atoms. The first-order valence-corrected chi connectivity index (χ1v) is 12.0. The van der Waals surface area contributed by atoms with Crippen LogP contribution in [0.4, 0.5) is 0 Å². The van der Waals surface area contributed by atoms with Crippen molar-refractivity contribution in [3.63, 3.8) is 0 Å². The summed E-state index contributed by atoms with van der Waals surface area (Å²) in [5.41, 5.74) is 2.69. The van der Waals surface area contributed by atoms with Crippen molar-refractivity contribution in [2.75, 3.05) is 20.1 Å². The maximum atomic E-state index is 13.4. The number of pyridine rings is 1. The smallest absolute Gasteiger partial charge is 0.272 e. The van der Waals surface area contributed by atoms with E-state index in [1.807, 2.05) is 6.07 Å². The van der Waals surface area contributed by atoms with Crippen molar-refractivity contribution in [2.45, 2.75) is 18.9 Å². The molecule has 0 aliphatic carbocycles. The summed E-state index contributed by atoms with van der Waals surface area (Å²) >= 11 is 18.6. The molecule has 35 heavy (non-hydrogen) atoms. The van der Waals surface area contributed by atoms with E-state index in [4.69, 9.17) is 40.1 Å². The minimum Gasteiger partial charge on any atom is -0.336 e. The van der Waals surface area contributed by atoms with Gasteiger partial charge in [-0.2, -0.15) is 5.26 Å². The molecule has 1 fully saturated rings. The predicted molar refractivity (Wildman–Crippen MR) is 136 cm³/mol. The summed E-state index contributed by atoms with van der Waals surface area (Å²) < 4.78 is 0. The Bertz CT molecular complexity index is 1320. The van der Waals surface area contributed by atoms with Crippen LogP contribution in [-0.2, 0) is 0 Å². The lowest BCUT2D eigenvalue weighted by Crippen LogP contribution is -2.42. The normalized spacial score (nSPS) is 17.2. The second kappa shape index (κ2) is 10.2. The van der Waals surface area contributed by atoms with E-state index in [9.17, 15) is 9.59 Å². The highest BCUT2D eigenvalue weighted by Gasteiger charge is 2.40. The fourth-order valence-electron chi connectivity index (χ4n) is 4.35. The number of carbonyl (C=O) groups is 2. The highest BCUT2D eigenvalue weighted by atomic mass is 35.5. The molecule has 0 saturated carbocycles. The first-order chi connectivity index (χ1) is 16.7. The minimum atomic E-state index is -0.344. The number of aromatic nitrogens is 1. The van der Waals surface area contributed by atoms with Gasteiger partial charge in [0.05, 0.1) is 27.7 Å². The van der Waals surface area contributed by atoms with E-state index in [2.05, 4.69) is 11.1 Å². The predicted octanol–water partition coefficient (Wildman–Crippen LogP) is 5.60. The van der Waals surface area contributed by atoms with E-state index >= 15 is 0 Å². The molecule has 2 aromatic carbocycles. The topological polar surface area (TPSA) is 77.3 Å². The Hall–Kier alpha value is -3.11. The molecule has 2 atom stereocenters. The molecule has 6 nitrogen and oxygen atoms in total. The van der Waals surface area contributed by atoms with E-state index in [-0.39, 0.29) is 29.5 Å². The van der Waals surface area contributed by atoms with Gasteiger partial charge in [-0.3, -0.25) is 9.59 Å². The van der Waals surface area contributed by atoms with Crippen molar-refractivity contribution in [1.29, 1.82) is 5.26 Å². The van der Waals surface area contributed by atoms with Crippen LogP contribution in [0.25, 0.3) is 0 Å². The largest absolute Gasteiger partial charge is 0.336 e. The number of nitriles is 1. The molecule has 1 aromatic heterocycles. The maximum Gasteiger partial charge on any atom is 0.272 e. The third-order valence-corrected chi connectivity index (χ3v) is 7.12. The van der Waals surface area contributed by atoms with Gasteiger partial charge in [0.15, 0.2) is 0 Å². The third-order valence-electron chi connectivity index (χ3n) is 6.16. The molecule has 0 spiro atoms. The van der Waals surface area contributed by atoms with Crippen molar-refractivity contribution in [1.82, 2.24) is 14.8 Å². The molecular formula is C26H21Cl3N4O2. The monoisotopic (exact) mass is 526 g/mol. The van der Waals surface area contributed by atoms with Crippen LogP contribution >= 0.6 is 34.8 Å². The first kappa shape index (κ1) is 25.0. The Morgan fingerprint density at radius 1 is 1.03 bits per heavy atom. The van der Waals surface area contributed by atoms with Crippen LogP contribution in [0.1, 0.15) is 43.6 Å². The van der Waals surface area contributed by atoms with Crippen LogP contribution in [0, 0.1) is 18.3 Å². The number of likely N-dealkylation sites (N-methyl/N-ethyl adjacent to an activating group) is 1. The summed E-state index contributed by atoms with van der Waals surface area (Å²) in [6.45, 7) is 2.46. The summed E-state index contributed by atoms with van der Waals surface area (Å²) in [6, 6.07) is 16.8. The van der Waals surface area contributed by atoms with Crippen molar-refractivity contribution in [3.05, 3.63) is 97.7 Å². The Labute approximate surface area is 218 Å². The number of halogens is 3. The molecule has 4 rings (SSSR count). The molecule has 0 N–H and O–H groups in total. The van der Waals surface area contributed by atoms with E-state index in [1.54, 1.807) is 66.2 Å². The van der Waals surface area contributed by atoms with E-state index in [0.29, 0.717) is 45.0 Å². The fourth-order valence-corrected chi connectivity index (χ4v) is 4.92. The van der Waals surface area contributed by atoms with Crippen molar-refractivity contribution >= 4 is 46.6 Å². The molecule has 1 aliphatic rings. The number of aryl methyl sites for hydroxylation is 1. The zero-order chi connectivity index (χ0) is 25.3. The lowest BCUT2D eigenvalue weighted by Gasteiger charge is -2.29.